The number of hydrogen-bond acceptors (Lipinski definition) is 7. The van der Waals surface area contributed by atoms with E-state index in [9.17, 15) is 4.79 Å². The Bertz CT molecular complexity index is 938. The van der Waals surface area contributed by atoms with E-state index in [4.69, 9.17) is 9.47 Å². The number of thiazole rings is 1. The van der Waals surface area contributed by atoms with Crippen LogP contribution in [-0.4, -0.2) is 30.2 Å². The molecular weight excluding hydrogens is 364 g/mol. The number of ether oxygens (including phenoxy) is 3. The van der Waals surface area contributed by atoms with E-state index in [-0.39, 0.29) is 0 Å². The van der Waals surface area contributed by atoms with Crippen LogP contribution in [0.3, 0.4) is 0 Å². The fraction of sp³-hybridized carbons (Fsp3) is 0.150. The largest absolute Gasteiger partial charge is 0.493 e. The highest BCUT2D eigenvalue weighted by Crippen LogP contribution is 2.30. The fourth-order valence-corrected chi connectivity index (χ4v) is 3.05. The van der Waals surface area contributed by atoms with Gasteiger partial charge in [-0.25, -0.2) is 9.78 Å². The molecule has 3 aromatic rings. The predicted molar refractivity (Wildman–Crippen MR) is 104 cm³/mol. The molecule has 6 nitrogen and oxygen atoms in total. The number of pyridine rings is 1. The quantitative estimate of drug-likeness (QED) is 0.455. The summed E-state index contributed by atoms with van der Waals surface area (Å²) in [7, 11) is 2.90. The van der Waals surface area contributed by atoms with E-state index in [0.29, 0.717) is 18.1 Å². The number of methoxy groups -OCH3 is 2. The Hall–Kier alpha value is -3.19. The van der Waals surface area contributed by atoms with Gasteiger partial charge in [0, 0.05) is 17.7 Å². The second-order valence-corrected chi connectivity index (χ2v) is 6.27. The van der Waals surface area contributed by atoms with Gasteiger partial charge in [0.1, 0.15) is 11.6 Å². The molecule has 0 saturated carbocycles. The van der Waals surface area contributed by atoms with Gasteiger partial charge in [-0.2, -0.15) is 0 Å². The average Bonchev–Trinajstić information content (AvgIpc) is 3.20. The van der Waals surface area contributed by atoms with E-state index in [2.05, 4.69) is 14.7 Å². The minimum Gasteiger partial charge on any atom is -0.493 e. The molecule has 0 aliphatic carbocycles. The average molecular weight is 382 g/mol. The van der Waals surface area contributed by atoms with E-state index in [1.807, 2.05) is 29.6 Å². The first-order valence-electron chi connectivity index (χ1n) is 8.12. The van der Waals surface area contributed by atoms with Crippen molar-refractivity contribution in [3.05, 3.63) is 65.3 Å². The number of carbonyl (C=O) groups excluding carboxylic acids is 1. The van der Waals surface area contributed by atoms with Gasteiger partial charge >= 0.3 is 5.97 Å². The highest BCUT2D eigenvalue weighted by atomic mass is 32.1. The van der Waals surface area contributed by atoms with Crippen molar-refractivity contribution in [3.63, 3.8) is 0 Å². The summed E-state index contributed by atoms with van der Waals surface area (Å²) in [5, 5.41) is 2.80. The van der Waals surface area contributed by atoms with Gasteiger partial charge in [-0.05, 0) is 35.9 Å². The van der Waals surface area contributed by atoms with Crippen molar-refractivity contribution < 1.29 is 19.0 Å². The van der Waals surface area contributed by atoms with Crippen LogP contribution in [0.5, 0.6) is 11.5 Å². The molecule has 2 heterocycles. The van der Waals surface area contributed by atoms with Crippen LogP contribution in [0.1, 0.15) is 11.3 Å². The highest BCUT2D eigenvalue weighted by molar-refractivity contribution is 7.13. The molecule has 0 fully saturated rings. The predicted octanol–water partition coefficient (Wildman–Crippen LogP) is 3.98. The second kappa shape index (κ2) is 8.95. The zero-order valence-corrected chi connectivity index (χ0v) is 15.7. The zero-order chi connectivity index (χ0) is 19.1. The van der Waals surface area contributed by atoms with Gasteiger partial charge in [0.05, 0.1) is 25.6 Å². The summed E-state index contributed by atoms with van der Waals surface area (Å²) in [5.74, 6) is 0.754. The number of carbonyl (C=O) groups is 1. The molecule has 0 spiro atoms. The molecule has 0 bridgehead atoms. The number of nitrogens with zero attached hydrogens (tertiary/aromatic N) is 2. The van der Waals surface area contributed by atoms with Crippen LogP contribution in [0.2, 0.25) is 0 Å². The van der Waals surface area contributed by atoms with Gasteiger partial charge < -0.3 is 14.2 Å². The molecule has 0 N–H and O–H groups in total. The third-order valence-electron chi connectivity index (χ3n) is 3.61. The lowest BCUT2D eigenvalue weighted by Gasteiger charge is -2.10. The molecule has 0 radical (unpaired) electrons. The van der Waals surface area contributed by atoms with Crippen molar-refractivity contribution in [2.24, 2.45) is 0 Å². The first-order valence-corrected chi connectivity index (χ1v) is 9.00. The molecule has 3 rings (SSSR count). The van der Waals surface area contributed by atoms with E-state index in [1.165, 1.54) is 24.5 Å². The normalized spacial score (nSPS) is 10.7. The Morgan fingerprint density at radius 2 is 2.07 bits per heavy atom. The first-order chi connectivity index (χ1) is 13.2. The maximum Gasteiger partial charge on any atom is 0.330 e. The Labute approximate surface area is 161 Å². The third-order valence-corrected chi connectivity index (χ3v) is 4.53. The number of hydrogen-bond donors (Lipinski definition) is 0. The minimum atomic E-state index is -0.415. The lowest BCUT2D eigenvalue weighted by molar-refractivity contribution is -0.134. The zero-order valence-electron chi connectivity index (χ0n) is 14.9. The van der Waals surface area contributed by atoms with Crippen molar-refractivity contribution >= 4 is 23.4 Å². The Balaban J connectivity index is 1.68. The summed E-state index contributed by atoms with van der Waals surface area (Å²) in [6.45, 7) is 0.317. The fourth-order valence-electron chi connectivity index (χ4n) is 2.27. The molecular formula is C20H18N2O4S. The van der Waals surface area contributed by atoms with E-state index >= 15 is 0 Å². The molecule has 0 unspecified atom stereocenters. The minimum absolute atomic E-state index is 0.317. The van der Waals surface area contributed by atoms with Crippen molar-refractivity contribution in [2.45, 2.75) is 6.61 Å². The van der Waals surface area contributed by atoms with Gasteiger partial charge in [-0.15, -0.1) is 11.3 Å². The maximum atomic E-state index is 11.2. The van der Waals surface area contributed by atoms with Crippen molar-refractivity contribution in [2.75, 3.05) is 14.2 Å². The Kier molecular flexibility index (Phi) is 6.17. The van der Waals surface area contributed by atoms with Gasteiger partial charge in [0.15, 0.2) is 11.5 Å². The topological polar surface area (TPSA) is 70.5 Å². The highest BCUT2D eigenvalue weighted by Gasteiger charge is 2.09. The monoisotopic (exact) mass is 382 g/mol. The van der Waals surface area contributed by atoms with Crippen LogP contribution in [0.4, 0.5) is 0 Å². The molecule has 0 atom stereocenters. The van der Waals surface area contributed by atoms with Crippen molar-refractivity contribution in [1.29, 1.82) is 0 Å². The van der Waals surface area contributed by atoms with E-state index in [1.54, 1.807) is 31.5 Å². The Morgan fingerprint density at radius 1 is 1.19 bits per heavy atom. The lowest BCUT2D eigenvalue weighted by Crippen LogP contribution is -1.98. The SMILES string of the molecule is COC(=O)/C=C/c1ccc(OCc2csc(-c3ccccn3)n2)c(OC)c1. The van der Waals surface area contributed by atoms with Gasteiger partial charge in [0.2, 0.25) is 0 Å². The molecule has 7 heteroatoms. The summed E-state index contributed by atoms with van der Waals surface area (Å²) in [5.41, 5.74) is 2.46. The summed E-state index contributed by atoms with van der Waals surface area (Å²) < 4.78 is 15.8. The van der Waals surface area contributed by atoms with Crippen molar-refractivity contribution in [3.8, 4) is 22.2 Å². The van der Waals surface area contributed by atoms with Crippen LogP contribution in [0.15, 0.2) is 54.1 Å². The molecule has 2 aromatic heterocycles. The van der Waals surface area contributed by atoms with E-state index < -0.39 is 5.97 Å². The summed E-state index contributed by atoms with van der Waals surface area (Å²) in [6, 6.07) is 11.1. The third kappa shape index (κ3) is 4.92. The van der Waals surface area contributed by atoms with Gasteiger partial charge in [-0.3, -0.25) is 4.98 Å². The lowest BCUT2D eigenvalue weighted by atomic mass is 10.2. The molecule has 1 aromatic carbocycles. The molecule has 0 saturated heterocycles. The Morgan fingerprint density at radius 3 is 2.81 bits per heavy atom. The number of esters is 1. The van der Waals surface area contributed by atoms with Gasteiger partial charge in [-0.1, -0.05) is 12.1 Å². The summed E-state index contributed by atoms with van der Waals surface area (Å²) in [4.78, 5) is 20.1. The van der Waals surface area contributed by atoms with Crippen LogP contribution < -0.4 is 9.47 Å². The summed E-state index contributed by atoms with van der Waals surface area (Å²) >= 11 is 1.52. The second-order valence-electron chi connectivity index (χ2n) is 5.41. The summed E-state index contributed by atoms with van der Waals surface area (Å²) in [6.07, 6.45) is 4.75. The maximum absolute atomic E-state index is 11.2. The van der Waals surface area contributed by atoms with Crippen LogP contribution in [0.25, 0.3) is 16.8 Å². The van der Waals surface area contributed by atoms with Crippen LogP contribution in [0, 0.1) is 0 Å². The number of aromatic nitrogens is 2. The standard InChI is InChI=1S/C20H18N2O4S/c1-24-18-11-14(7-9-19(23)25-2)6-8-17(18)26-12-15-13-27-20(22-15)16-5-3-4-10-21-16/h3-11,13H,12H2,1-2H3/b9-7+. The number of benzene rings is 1. The molecule has 0 amide bonds. The molecule has 0 aliphatic heterocycles. The molecule has 27 heavy (non-hydrogen) atoms. The first kappa shape index (κ1) is 18.6. The van der Waals surface area contributed by atoms with Crippen molar-refractivity contribution in [1.82, 2.24) is 9.97 Å². The van der Waals surface area contributed by atoms with Crippen LogP contribution in [-0.2, 0) is 16.1 Å². The smallest absolute Gasteiger partial charge is 0.330 e. The van der Waals surface area contributed by atoms with E-state index in [0.717, 1.165) is 22.0 Å². The molecule has 0 aliphatic rings. The number of rotatable bonds is 7. The van der Waals surface area contributed by atoms with Gasteiger partial charge in [0.25, 0.3) is 0 Å². The van der Waals surface area contributed by atoms with Crippen LogP contribution >= 0.6 is 11.3 Å². The molecule has 138 valence electrons.